The molecule has 126 valence electrons. The van der Waals surface area contributed by atoms with E-state index in [1.54, 1.807) is 30.3 Å². The van der Waals surface area contributed by atoms with Crippen molar-refractivity contribution >= 4 is 11.8 Å². The van der Waals surface area contributed by atoms with Crippen LogP contribution in [0.25, 0.3) is 0 Å². The molecule has 0 aliphatic carbocycles. The van der Waals surface area contributed by atoms with Crippen molar-refractivity contribution in [3.8, 4) is 11.6 Å². The maximum atomic E-state index is 12.3. The number of aryl methyl sites for hydroxylation is 1. The van der Waals surface area contributed by atoms with Gasteiger partial charge in [0.1, 0.15) is 11.3 Å². The first-order chi connectivity index (χ1) is 12.1. The summed E-state index contributed by atoms with van der Waals surface area (Å²) >= 11 is 0. The van der Waals surface area contributed by atoms with Crippen LogP contribution in [0.15, 0.2) is 65.4 Å². The van der Waals surface area contributed by atoms with Gasteiger partial charge in [-0.1, -0.05) is 17.7 Å². The van der Waals surface area contributed by atoms with Crippen molar-refractivity contribution in [2.24, 2.45) is 0 Å². The van der Waals surface area contributed by atoms with Crippen molar-refractivity contribution < 1.29 is 18.7 Å². The maximum Gasteiger partial charge on any atom is 0.305 e. The van der Waals surface area contributed by atoms with E-state index in [0.29, 0.717) is 5.75 Å². The standard InChI is InChI=1S/C18H15N3O4/c1-12-6-8-13(9-7-12)25-18-14(4-2-10-19-18)16(22)20-21-17(23)15-5-3-11-24-15/h2-11H,1H3,(H,20,22)(H,21,23). The molecular formula is C18H15N3O4. The number of furan rings is 1. The molecule has 2 amide bonds. The zero-order valence-electron chi connectivity index (χ0n) is 13.4. The maximum absolute atomic E-state index is 12.3. The van der Waals surface area contributed by atoms with Crippen molar-refractivity contribution in [1.82, 2.24) is 15.8 Å². The molecule has 0 fully saturated rings. The Morgan fingerprint density at radius 2 is 1.76 bits per heavy atom. The number of ether oxygens (including phenoxy) is 1. The zero-order chi connectivity index (χ0) is 17.6. The minimum atomic E-state index is -0.566. The molecule has 0 unspecified atom stereocenters. The lowest BCUT2D eigenvalue weighted by atomic mass is 10.2. The summed E-state index contributed by atoms with van der Waals surface area (Å²) in [4.78, 5) is 28.2. The van der Waals surface area contributed by atoms with Crippen molar-refractivity contribution in [2.75, 3.05) is 0 Å². The first-order valence-corrected chi connectivity index (χ1v) is 7.47. The van der Waals surface area contributed by atoms with Gasteiger partial charge in [0.25, 0.3) is 5.91 Å². The van der Waals surface area contributed by atoms with E-state index in [-0.39, 0.29) is 17.2 Å². The highest BCUT2D eigenvalue weighted by Gasteiger charge is 2.16. The van der Waals surface area contributed by atoms with Crippen molar-refractivity contribution in [3.05, 3.63) is 77.9 Å². The van der Waals surface area contributed by atoms with Crippen molar-refractivity contribution in [2.45, 2.75) is 6.92 Å². The molecule has 0 radical (unpaired) electrons. The van der Waals surface area contributed by atoms with Gasteiger partial charge in [0.2, 0.25) is 5.88 Å². The molecule has 0 spiro atoms. The first-order valence-electron chi connectivity index (χ1n) is 7.47. The number of nitrogens with zero attached hydrogens (tertiary/aromatic N) is 1. The second kappa shape index (κ2) is 7.31. The topological polar surface area (TPSA) is 93.5 Å². The fourth-order valence-corrected chi connectivity index (χ4v) is 2.01. The summed E-state index contributed by atoms with van der Waals surface area (Å²) in [6.45, 7) is 1.96. The molecule has 25 heavy (non-hydrogen) atoms. The molecule has 0 bridgehead atoms. The van der Waals surface area contributed by atoms with Crippen LogP contribution in [-0.2, 0) is 0 Å². The number of rotatable bonds is 4. The van der Waals surface area contributed by atoms with Crippen LogP contribution in [0, 0.1) is 6.92 Å². The Bertz CT molecular complexity index is 874. The van der Waals surface area contributed by atoms with Crippen molar-refractivity contribution in [3.63, 3.8) is 0 Å². The number of nitrogens with one attached hydrogen (secondary N) is 2. The molecule has 7 nitrogen and oxygen atoms in total. The average molecular weight is 337 g/mol. The normalized spacial score (nSPS) is 10.1. The summed E-state index contributed by atoms with van der Waals surface area (Å²) in [7, 11) is 0. The molecule has 3 aromatic rings. The molecule has 2 aromatic heterocycles. The molecule has 1 aromatic carbocycles. The summed E-state index contributed by atoms with van der Waals surface area (Å²) < 4.78 is 10.6. The summed E-state index contributed by atoms with van der Waals surface area (Å²) in [6, 6.07) is 13.6. The number of carbonyl (C=O) groups is 2. The van der Waals surface area contributed by atoms with Gasteiger partial charge in [-0.05, 0) is 43.3 Å². The second-order valence-electron chi connectivity index (χ2n) is 5.16. The number of hydrogen-bond donors (Lipinski definition) is 2. The zero-order valence-corrected chi connectivity index (χ0v) is 13.4. The minimum absolute atomic E-state index is 0.0858. The van der Waals surface area contributed by atoms with E-state index in [9.17, 15) is 9.59 Å². The molecule has 3 rings (SSSR count). The fraction of sp³-hybridized carbons (Fsp3) is 0.0556. The van der Waals surface area contributed by atoms with E-state index in [4.69, 9.17) is 9.15 Å². The number of pyridine rings is 1. The SMILES string of the molecule is Cc1ccc(Oc2ncccc2C(=O)NNC(=O)c2ccco2)cc1. The molecule has 0 aliphatic rings. The molecule has 0 atom stereocenters. The summed E-state index contributed by atoms with van der Waals surface area (Å²) in [6.07, 6.45) is 2.88. The van der Waals surface area contributed by atoms with E-state index in [1.165, 1.54) is 18.5 Å². The molecule has 0 aliphatic heterocycles. The highest BCUT2D eigenvalue weighted by molar-refractivity contribution is 5.99. The smallest absolute Gasteiger partial charge is 0.305 e. The van der Waals surface area contributed by atoms with Crippen LogP contribution in [0.3, 0.4) is 0 Å². The molecular weight excluding hydrogens is 322 g/mol. The van der Waals surface area contributed by atoms with Gasteiger partial charge in [-0.15, -0.1) is 0 Å². The van der Waals surface area contributed by atoms with Gasteiger partial charge in [-0.3, -0.25) is 20.4 Å². The summed E-state index contributed by atoms with van der Waals surface area (Å²) in [5, 5.41) is 0. The third kappa shape index (κ3) is 4.03. The lowest BCUT2D eigenvalue weighted by Gasteiger charge is -2.10. The molecule has 7 heteroatoms. The second-order valence-corrected chi connectivity index (χ2v) is 5.16. The van der Waals surface area contributed by atoms with E-state index >= 15 is 0 Å². The lowest BCUT2D eigenvalue weighted by molar-refractivity contribution is 0.0829. The van der Waals surface area contributed by atoms with Crippen LogP contribution in [-0.4, -0.2) is 16.8 Å². The van der Waals surface area contributed by atoms with Crippen LogP contribution in [0.1, 0.15) is 26.5 Å². The Morgan fingerprint density at radius 3 is 2.48 bits per heavy atom. The van der Waals surface area contributed by atoms with Gasteiger partial charge in [-0.2, -0.15) is 0 Å². The number of aromatic nitrogens is 1. The molecule has 2 heterocycles. The Balaban J connectivity index is 1.70. The van der Waals surface area contributed by atoms with Gasteiger partial charge < -0.3 is 9.15 Å². The van der Waals surface area contributed by atoms with E-state index in [2.05, 4.69) is 15.8 Å². The Kier molecular flexibility index (Phi) is 4.75. The van der Waals surface area contributed by atoms with Crippen molar-refractivity contribution in [1.29, 1.82) is 0 Å². The van der Waals surface area contributed by atoms with Crippen LogP contribution in [0.4, 0.5) is 0 Å². The minimum Gasteiger partial charge on any atom is -0.459 e. The lowest BCUT2D eigenvalue weighted by Crippen LogP contribution is -2.41. The number of carbonyl (C=O) groups excluding carboxylic acids is 2. The molecule has 0 saturated heterocycles. The van der Waals surface area contributed by atoms with E-state index in [1.807, 2.05) is 19.1 Å². The summed E-state index contributed by atoms with van der Waals surface area (Å²) in [5.41, 5.74) is 5.84. The van der Waals surface area contributed by atoms with E-state index in [0.717, 1.165) is 5.56 Å². The van der Waals surface area contributed by atoms with Gasteiger partial charge in [-0.25, -0.2) is 4.98 Å². The highest BCUT2D eigenvalue weighted by atomic mass is 16.5. The van der Waals surface area contributed by atoms with Crippen LogP contribution < -0.4 is 15.6 Å². The predicted molar refractivity (Wildman–Crippen MR) is 89.1 cm³/mol. The van der Waals surface area contributed by atoms with Gasteiger partial charge in [0, 0.05) is 6.20 Å². The van der Waals surface area contributed by atoms with E-state index < -0.39 is 11.8 Å². The van der Waals surface area contributed by atoms with Crippen LogP contribution in [0.5, 0.6) is 11.6 Å². The Morgan fingerprint density at radius 1 is 1.00 bits per heavy atom. The fourth-order valence-electron chi connectivity index (χ4n) is 2.01. The predicted octanol–water partition coefficient (Wildman–Crippen LogP) is 2.85. The number of benzene rings is 1. The molecule has 0 saturated carbocycles. The molecule has 2 N–H and O–H groups in total. The number of hydrogen-bond acceptors (Lipinski definition) is 5. The number of hydrazine groups is 1. The van der Waals surface area contributed by atoms with Crippen LogP contribution in [0.2, 0.25) is 0 Å². The summed E-state index contributed by atoms with van der Waals surface area (Å²) in [5.74, 6) is -0.352. The van der Waals surface area contributed by atoms with Gasteiger partial charge in [0.15, 0.2) is 5.76 Å². The third-order valence-corrected chi connectivity index (χ3v) is 3.29. The van der Waals surface area contributed by atoms with Crippen LogP contribution >= 0.6 is 0 Å². The van der Waals surface area contributed by atoms with Gasteiger partial charge >= 0.3 is 5.91 Å². The van der Waals surface area contributed by atoms with Gasteiger partial charge in [0.05, 0.1) is 6.26 Å². The highest BCUT2D eigenvalue weighted by Crippen LogP contribution is 2.23. The Hall–Kier alpha value is -3.61. The average Bonchev–Trinajstić information content (AvgIpc) is 3.16. The quantitative estimate of drug-likeness (QED) is 0.714. The monoisotopic (exact) mass is 337 g/mol. The Labute approximate surface area is 143 Å². The third-order valence-electron chi connectivity index (χ3n) is 3.29. The number of amides is 2. The largest absolute Gasteiger partial charge is 0.459 e. The first kappa shape index (κ1) is 16.3.